The quantitative estimate of drug-likeness (QED) is 0.0773. The zero-order chi connectivity index (χ0) is 53.9. The molecule has 5 aliphatic heterocycles. The Kier molecular flexibility index (Phi) is 13.7. The van der Waals surface area contributed by atoms with Gasteiger partial charge in [-0.25, -0.2) is 18.1 Å². The third-order valence-electron chi connectivity index (χ3n) is 17.1. The summed E-state index contributed by atoms with van der Waals surface area (Å²) in [6.45, 7) is 8.00. The third-order valence-corrected chi connectivity index (χ3v) is 18.4. The fraction of sp³-hybridized carbons (Fsp3) is 0.446. The molecule has 3 aromatic heterocycles. The van der Waals surface area contributed by atoms with Crippen LogP contribution < -0.4 is 29.5 Å². The van der Waals surface area contributed by atoms with Gasteiger partial charge in [0, 0.05) is 88.5 Å². The highest BCUT2D eigenvalue weighted by atomic mass is 32.2. The fourth-order valence-corrected chi connectivity index (χ4v) is 13.7. The molecule has 1 aliphatic carbocycles. The maximum Gasteiger partial charge on any atom is 0.433 e. The molecule has 12 rings (SSSR count). The van der Waals surface area contributed by atoms with Crippen molar-refractivity contribution in [2.45, 2.75) is 87.2 Å². The second-order valence-corrected chi connectivity index (χ2v) is 23.4. The summed E-state index contributed by atoms with van der Waals surface area (Å²) in [5.74, 6) is -0.331. The minimum atomic E-state index is -4.65. The van der Waals surface area contributed by atoms with Crippen LogP contribution in [0.4, 0.5) is 47.3 Å². The van der Waals surface area contributed by atoms with Gasteiger partial charge in [-0.05, 0) is 129 Å². The Labute approximate surface area is 449 Å². The number of fused-ring (bicyclic) bond motifs is 3. The Morgan fingerprint density at radius 1 is 0.897 bits per heavy atom. The van der Waals surface area contributed by atoms with Gasteiger partial charge in [-0.1, -0.05) is 24.3 Å². The molecule has 0 radical (unpaired) electrons. The van der Waals surface area contributed by atoms with Crippen molar-refractivity contribution in [3.63, 3.8) is 0 Å². The van der Waals surface area contributed by atoms with E-state index >= 15 is 0 Å². The lowest BCUT2D eigenvalue weighted by atomic mass is 9.59. The van der Waals surface area contributed by atoms with Crippen LogP contribution in [0, 0.1) is 28.4 Å². The number of H-pyrrole nitrogens is 1. The number of piperazine rings is 1. The molecule has 3 N–H and O–H groups in total. The molecule has 4 saturated heterocycles. The average molecular weight is 1090 g/mol. The van der Waals surface area contributed by atoms with E-state index in [1.807, 2.05) is 41.3 Å². The molecule has 3 aromatic carbocycles. The number of alkyl halides is 3. The van der Waals surface area contributed by atoms with E-state index < -0.39 is 49.4 Å². The number of amides is 1. The molecule has 410 valence electrons. The number of anilines is 5. The number of ether oxygens (including phenoxy) is 3. The van der Waals surface area contributed by atoms with E-state index in [-0.39, 0.29) is 41.3 Å². The first kappa shape index (κ1) is 51.7. The van der Waals surface area contributed by atoms with Crippen LogP contribution in [0.1, 0.15) is 78.2 Å². The first-order valence-electron chi connectivity index (χ1n) is 26.8. The van der Waals surface area contributed by atoms with Gasteiger partial charge in [0.15, 0.2) is 0 Å². The van der Waals surface area contributed by atoms with E-state index in [1.54, 1.807) is 12.3 Å². The average Bonchev–Trinajstić information content (AvgIpc) is 4.05. The highest BCUT2D eigenvalue weighted by molar-refractivity contribution is 7.90. The number of rotatable bonds is 12. The van der Waals surface area contributed by atoms with E-state index in [9.17, 15) is 36.5 Å². The van der Waals surface area contributed by atoms with Crippen LogP contribution in [0.15, 0.2) is 102 Å². The molecular formula is C56H61F3N10O8S. The van der Waals surface area contributed by atoms with Crippen LogP contribution in [-0.2, 0) is 25.7 Å². The number of aromatic amines is 1. The van der Waals surface area contributed by atoms with Crippen molar-refractivity contribution in [2.24, 2.45) is 11.3 Å². The summed E-state index contributed by atoms with van der Waals surface area (Å²) in [6.07, 6.45) is 4.17. The number of benzene rings is 3. The number of sulfonamides is 1. The SMILES string of the molecule is Cc1ccccc1[C@@H]1CN(c2ccc(C(F)(F)F)nc2)CCN1C1CC2(CCN(c3ccc(C(=O)NS(=O)(=O)c4ccc(NCC5CCOCC5)c([N+](=O)[O-])c4)c(N4c5cc6cc[nH]c6nc5O[C@H]5COCC[C@@H]54)c3)CC2)C1. The van der Waals surface area contributed by atoms with E-state index in [2.05, 4.69) is 53.8 Å². The zero-order valence-corrected chi connectivity index (χ0v) is 43.9. The molecule has 1 saturated carbocycles. The molecule has 8 heterocycles. The highest BCUT2D eigenvalue weighted by Gasteiger charge is 2.50. The second kappa shape index (κ2) is 20.7. The molecule has 5 fully saturated rings. The number of nitrogens with one attached hydrogen (secondary N) is 3. The Bertz CT molecular complexity index is 3340. The standard InChI is InChI=1S/C56H61F3N10O8S/c1-35-4-2-3-5-42(35)49-33-66(39-7-11-51(62-32-39)56(57,58)59)21-22-67(49)40-29-55(30-40)16-19-65(20-17-55)38-6-9-43(46(27-38)68-45-15-25-76-34-50(45)77-54-48(68)26-37-12-18-60-52(37)63-54)53(70)64-78(73,74)41-8-10-44(47(28-41)69(71)72)61-31-36-13-23-75-24-14-36/h2-12,18,26-28,32,36,40,45,49-50,61H,13-17,19-25,29-31,33-34H2,1H3,(H,60,63)(H,64,70)/t45-,49-,50-/m0/s1. The summed E-state index contributed by atoms with van der Waals surface area (Å²) < 4.78 is 88.7. The number of hydrogen-bond acceptors (Lipinski definition) is 15. The number of pyridine rings is 2. The van der Waals surface area contributed by atoms with Crippen LogP contribution in [0.3, 0.4) is 0 Å². The minimum Gasteiger partial charge on any atom is -0.468 e. The monoisotopic (exact) mass is 1090 g/mol. The molecule has 3 atom stereocenters. The Morgan fingerprint density at radius 3 is 2.44 bits per heavy atom. The number of piperidine rings is 1. The number of carbonyl (C=O) groups excluding carboxylic acids is 1. The topological polar surface area (TPSA) is 201 Å². The van der Waals surface area contributed by atoms with Crippen LogP contribution in [0.2, 0.25) is 0 Å². The van der Waals surface area contributed by atoms with E-state index in [0.29, 0.717) is 80.5 Å². The second-order valence-electron chi connectivity index (χ2n) is 21.7. The van der Waals surface area contributed by atoms with E-state index in [1.165, 1.54) is 35.5 Å². The van der Waals surface area contributed by atoms with Crippen molar-refractivity contribution >= 4 is 61.1 Å². The lowest BCUT2D eigenvalue weighted by Crippen LogP contribution is -2.60. The number of aromatic nitrogens is 3. The number of nitro benzene ring substituents is 1. The van der Waals surface area contributed by atoms with Crippen LogP contribution in [-0.4, -0.2) is 123 Å². The van der Waals surface area contributed by atoms with Gasteiger partial charge in [0.25, 0.3) is 21.6 Å². The maximum atomic E-state index is 14.7. The van der Waals surface area contributed by atoms with Gasteiger partial charge in [-0.15, -0.1) is 0 Å². The molecule has 0 unspecified atom stereocenters. The highest BCUT2D eigenvalue weighted by Crippen LogP contribution is 2.54. The van der Waals surface area contributed by atoms with Crippen molar-refractivity contribution in [3.05, 3.63) is 130 Å². The number of halogens is 3. The first-order valence-corrected chi connectivity index (χ1v) is 28.3. The molecule has 6 aromatic rings. The van der Waals surface area contributed by atoms with Crippen molar-refractivity contribution in [2.75, 3.05) is 85.7 Å². The predicted molar refractivity (Wildman–Crippen MR) is 287 cm³/mol. The Balaban J connectivity index is 0.803. The summed E-state index contributed by atoms with van der Waals surface area (Å²) in [4.78, 5) is 46.9. The molecule has 22 heteroatoms. The summed E-state index contributed by atoms with van der Waals surface area (Å²) >= 11 is 0. The van der Waals surface area contributed by atoms with Crippen LogP contribution in [0.25, 0.3) is 11.0 Å². The number of nitro groups is 1. The van der Waals surface area contributed by atoms with Gasteiger partial charge in [0.1, 0.15) is 28.8 Å². The van der Waals surface area contributed by atoms with Gasteiger partial charge in [0.05, 0.1) is 51.6 Å². The summed E-state index contributed by atoms with van der Waals surface area (Å²) in [6, 6.07) is 23.9. The lowest BCUT2D eigenvalue weighted by molar-refractivity contribution is -0.384. The number of hydrogen-bond donors (Lipinski definition) is 3. The summed E-state index contributed by atoms with van der Waals surface area (Å²) in [7, 11) is -4.65. The summed E-state index contributed by atoms with van der Waals surface area (Å²) in [5.41, 5.74) is 4.62. The van der Waals surface area contributed by atoms with Crippen molar-refractivity contribution in [1.29, 1.82) is 0 Å². The fourth-order valence-electron chi connectivity index (χ4n) is 12.7. The van der Waals surface area contributed by atoms with Crippen molar-refractivity contribution < 1.29 is 45.5 Å². The molecular weight excluding hydrogens is 1030 g/mol. The predicted octanol–water partition coefficient (Wildman–Crippen LogP) is 9.15. The number of carbonyl (C=O) groups is 1. The van der Waals surface area contributed by atoms with Gasteiger partial charge in [0.2, 0.25) is 5.88 Å². The molecule has 78 heavy (non-hydrogen) atoms. The Hall–Kier alpha value is -7.01. The molecule has 0 bridgehead atoms. The third kappa shape index (κ3) is 10.1. The van der Waals surface area contributed by atoms with Crippen molar-refractivity contribution in [3.8, 4) is 5.88 Å². The molecule has 1 spiro atoms. The first-order chi connectivity index (χ1) is 37.6. The van der Waals surface area contributed by atoms with Gasteiger partial charge >= 0.3 is 6.18 Å². The lowest BCUT2D eigenvalue weighted by Gasteiger charge is -2.58. The van der Waals surface area contributed by atoms with Crippen molar-refractivity contribution in [1.82, 2.24) is 24.6 Å². The molecule has 18 nitrogen and oxygen atoms in total. The van der Waals surface area contributed by atoms with E-state index in [0.717, 1.165) is 81.4 Å². The zero-order valence-electron chi connectivity index (χ0n) is 43.1. The van der Waals surface area contributed by atoms with Gasteiger partial charge in [-0.3, -0.25) is 19.8 Å². The van der Waals surface area contributed by atoms with Gasteiger partial charge in [-0.2, -0.15) is 18.2 Å². The largest absolute Gasteiger partial charge is 0.468 e. The maximum absolute atomic E-state index is 14.7. The minimum absolute atomic E-state index is 0.0339. The Morgan fingerprint density at radius 2 is 1.68 bits per heavy atom. The van der Waals surface area contributed by atoms with Crippen LogP contribution in [0.5, 0.6) is 5.88 Å². The summed E-state index contributed by atoms with van der Waals surface area (Å²) in [5, 5.41) is 16.3. The van der Waals surface area contributed by atoms with E-state index in [4.69, 9.17) is 19.2 Å². The molecule has 1 amide bonds. The van der Waals surface area contributed by atoms with Gasteiger partial charge < -0.3 is 39.2 Å². The normalized spacial score (nSPS) is 22.1. The van der Waals surface area contributed by atoms with Crippen LogP contribution >= 0.6 is 0 Å². The number of aryl methyl sites for hydroxylation is 1. The number of nitrogens with zero attached hydrogens (tertiary/aromatic N) is 7. The smallest absolute Gasteiger partial charge is 0.433 e. The molecule has 6 aliphatic rings.